The molecule has 1 rings (SSSR count). The van der Waals surface area contributed by atoms with Gasteiger partial charge in [-0.3, -0.25) is 4.79 Å². The van der Waals surface area contributed by atoms with Crippen molar-refractivity contribution in [1.29, 1.82) is 0 Å². The average Bonchev–Trinajstić information content (AvgIpc) is 2.56. The van der Waals surface area contributed by atoms with Crippen molar-refractivity contribution in [3.05, 3.63) is 0 Å². The van der Waals surface area contributed by atoms with Crippen molar-refractivity contribution in [2.24, 2.45) is 5.41 Å². The van der Waals surface area contributed by atoms with Crippen LogP contribution in [0, 0.1) is 5.41 Å². The summed E-state index contributed by atoms with van der Waals surface area (Å²) in [4.78, 5) is 10.2. The molecule has 0 aromatic rings. The summed E-state index contributed by atoms with van der Waals surface area (Å²) < 4.78 is 51.5. The van der Waals surface area contributed by atoms with Crippen molar-refractivity contribution in [2.75, 3.05) is 0 Å². The molecule has 1 N–H and O–H groups in total. The highest BCUT2D eigenvalue weighted by molar-refractivity contribution is 5.66. The fourth-order valence-corrected chi connectivity index (χ4v) is 0.930. The molecule has 0 heterocycles. The highest BCUT2D eigenvalue weighted by atomic mass is 19.4. The molecule has 0 spiro atoms. The van der Waals surface area contributed by atoms with E-state index >= 15 is 0 Å². The van der Waals surface area contributed by atoms with E-state index in [9.17, 15) is 18.0 Å². The fraction of sp³-hybridized carbons (Fsp3) is 0.857. The average molecular weight is 184 g/mol. The molecule has 0 amide bonds. The standard InChI is InChI=1S/C7H9F3O2/c8-7(9,10)6(3-4-6)2-1-5(11)12/h1-4H2,(H,11,12)/i2D2. The van der Waals surface area contributed by atoms with Crippen LogP contribution in [0.1, 0.15) is 28.4 Å². The van der Waals surface area contributed by atoms with Crippen molar-refractivity contribution in [2.45, 2.75) is 31.8 Å². The third kappa shape index (κ3) is 1.70. The van der Waals surface area contributed by atoms with E-state index in [4.69, 9.17) is 7.85 Å². The first-order chi connectivity index (χ1) is 6.12. The Labute approximate surface area is 70.2 Å². The van der Waals surface area contributed by atoms with E-state index in [2.05, 4.69) is 0 Å². The number of aliphatic carboxylic acids is 1. The lowest BCUT2D eigenvalue weighted by Gasteiger charge is -2.17. The van der Waals surface area contributed by atoms with Gasteiger partial charge in [0.2, 0.25) is 0 Å². The number of carbonyl (C=O) groups is 1. The molecular formula is C7H9F3O2. The van der Waals surface area contributed by atoms with E-state index in [1.807, 2.05) is 0 Å². The second-order valence-electron chi connectivity index (χ2n) is 2.83. The number of halogens is 3. The molecule has 1 saturated carbocycles. The van der Waals surface area contributed by atoms with E-state index in [-0.39, 0.29) is 12.8 Å². The topological polar surface area (TPSA) is 37.3 Å². The molecule has 0 bridgehead atoms. The molecule has 0 unspecified atom stereocenters. The normalized spacial score (nSPS) is 24.2. The van der Waals surface area contributed by atoms with Crippen LogP contribution in [-0.4, -0.2) is 17.3 Å². The van der Waals surface area contributed by atoms with Crippen LogP contribution in [0.3, 0.4) is 0 Å². The Kier molecular flexibility index (Phi) is 1.48. The first-order valence-electron chi connectivity index (χ1n) is 4.41. The van der Waals surface area contributed by atoms with Crippen LogP contribution in [0.5, 0.6) is 0 Å². The number of rotatable bonds is 3. The Morgan fingerprint density at radius 3 is 2.33 bits per heavy atom. The summed E-state index contributed by atoms with van der Waals surface area (Å²) in [6, 6.07) is 0. The lowest BCUT2D eigenvalue weighted by molar-refractivity contribution is -0.189. The molecule has 0 saturated heterocycles. The maximum Gasteiger partial charge on any atom is 0.394 e. The predicted octanol–water partition coefficient (Wildman–Crippen LogP) is 2.19. The predicted molar refractivity (Wildman–Crippen MR) is 34.6 cm³/mol. The smallest absolute Gasteiger partial charge is 0.394 e. The van der Waals surface area contributed by atoms with Crippen molar-refractivity contribution in [1.82, 2.24) is 0 Å². The zero-order valence-electron chi connectivity index (χ0n) is 8.11. The zero-order valence-corrected chi connectivity index (χ0v) is 6.11. The van der Waals surface area contributed by atoms with Crippen LogP contribution < -0.4 is 0 Å². The van der Waals surface area contributed by atoms with E-state index in [0.717, 1.165) is 0 Å². The number of carboxylic acids is 1. The molecular weight excluding hydrogens is 173 g/mol. The van der Waals surface area contributed by atoms with Crippen molar-refractivity contribution < 1.29 is 25.8 Å². The SMILES string of the molecule is [2H]C([2H])(CC(=O)O)C1(C(F)(F)F)CC1. The Balaban J connectivity index is 2.87. The van der Waals surface area contributed by atoms with Crippen molar-refractivity contribution >= 4 is 5.97 Å². The van der Waals surface area contributed by atoms with Crippen molar-refractivity contribution in [3.8, 4) is 0 Å². The first kappa shape index (κ1) is 6.74. The molecule has 0 aliphatic heterocycles. The number of hydrogen-bond acceptors (Lipinski definition) is 1. The Hall–Kier alpha value is -0.740. The molecule has 5 heteroatoms. The molecule has 0 radical (unpaired) electrons. The van der Waals surface area contributed by atoms with Crippen LogP contribution in [0.15, 0.2) is 0 Å². The Bertz CT molecular complexity index is 258. The van der Waals surface area contributed by atoms with Crippen LogP contribution in [-0.2, 0) is 4.79 Å². The second-order valence-corrected chi connectivity index (χ2v) is 2.83. The highest BCUT2D eigenvalue weighted by Gasteiger charge is 2.62. The van der Waals surface area contributed by atoms with Gasteiger partial charge in [-0.05, 0) is 19.2 Å². The lowest BCUT2D eigenvalue weighted by Crippen LogP contribution is -2.25. The van der Waals surface area contributed by atoms with Crippen LogP contribution >= 0.6 is 0 Å². The Morgan fingerprint density at radius 1 is 1.58 bits per heavy atom. The molecule has 1 aliphatic carbocycles. The summed E-state index contributed by atoms with van der Waals surface area (Å²) in [6.45, 7) is 0. The van der Waals surface area contributed by atoms with Gasteiger partial charge in [-0.2, -0.15) is 13.2 Å². The minimum Gasteiger partial charge on any atom is -0.481 e. The van der Waals surface area contributed by atoms with Crippen LogP contribution in [0.25, 0.3) is 0 Å². The summed E-state index contributed by atoms with van der Waals surface area (Å²) in [5.41, 5.74) is -2.43. The summed E-state index contributed by atoms with van der Waals surface area (Å²) >= 11 is 0. The van der Waals surface area contributed by atoms with E-state index in [1.165, 1.54) is 0 Å². The molecule has 1 aliphatic rings. The minimum absolute atomic E-state index is 0.323. The third-order valence-electron chi connectivity index (χ3n) is 1.87. The van der Waals surface area contributed by atoms with Gasteiger partial charge in [0.15, 0.2) is 0 Å². The number of hydrogen-bond donors (Lipinski definition) is 1. The second kappa shape index (κ2) is 2.64. The minimum atomic E-state index is -4.66. The van der Waals surface area contributed by atoms with Gasteiger partial charge in [-0.25, -0.2) is 0 Å². The van der Waals surface area contributed by atoms with Gasteiger partial charge in [0, 0.05) is 9.16 Å². The monoisotopic (exact) mass is 184 g/mol. The van der Waals surface area contributed by atoms with E-state index in [0.29, 0.717) is 0 Å². The molecule has 70 valence electrons. The van der Waals surface area contributed by atoms with E-state index in [1.54, 1.807) is 0 Å². The van der Waals surface area contributed by atoms with Crippen LogP contribution in [0.2, 0.25) is 0 Å². The summed E-state index contributed by atoms with van der Waals surface area (Å²) in [5, 5.41) is 8.30. The third-order valence-corrected chi connectivity index (χ3v) is 1.87. The molecule has 1 fully saturated rings. The zero-order chi connectivity index (χ0) is 11.2. The van der Waals surface area contributed by atoms with Gasteiger partial charge in [0.1, 0.15) is 0 Å². The van der Waals surface area contributed by atoms with Gasteiger partial charge >= 0.3 is 12.1 Å². The molecule has 12 heavy (non-hydrogen) atoms. The fourth-order valence-electron chi connectivity index (χ4n) is 0.930. The van der Waals surface area contributed by atoms with Gasteiger partial charge in [-0.1, -0.05) is 0 Å². The summed E-state index contributed by atoms with van der Waals surface area (Å²) in [7, 11) is 0. The van der Waals surface area contributed by atoms with Gasteiger partial charge in [0.05, 0.1) is 5.41 Å². The van der Waals surface area contributed by atoms with E-state index < -0.39 is 30.4 Å². The Morgan fingerprint density at radius 2 is 2.08 bits per heavy atom. The van der Waals surface area contributed by atoms with Gasteiger partial charge in [0.25, 0.3) is 0 Å². The molecule has 0 aromatic carbocycles. The van der Waals surface area contributed by atoms with Crippen molar-refractivity contribution in [3.63, 3.8) is 0 Å². The summed E-state index contributed by atoms with van der Waals surface area (Å²) in [6.07, 6.45) is -9.12. The maximum absolute atomic E-state index is 12.4. The van der Waals surface area contributed by atoms with Gasteiger partial charge < -0.3 is 5.11 Å². The number of alkyl halides is 3. The molecule has 0 aromatic heterocycles. The van der Waals surface area contributed by atoms with Gasteiger partial charge in [-0.15, -0.1) is 0 Å². The molecule has 2 nitrogen and oxygen atoms in total. The maximum atomic E-state index is 12.4. The largest absolute Gasteiger partial charge is 0.481 e. The highest BCUT2D eigenvalue weighted by Crippen LogP contribution is 2.60. The molecule has 0 atom stereocenters. The summed E-state index contributed by atoms with van der Waals surface area (Å²) in [5.74, 6) is -1.55. The van der Waals surface area contributed by atoms with Crippen LogP contribution in [0.4, 0.5) is 13.2 Å². The first-order valence-corrected chi connectivity index (χ1v) is 3.41. The quantitative estimate of drug-likeness (QED) is 0.729. The number of carboxylic acid groups (broad SMARTS) is 1. The lowest BCUT2D eigenvalue weighted by atomic mass is 10.00.